The van der Waals surface area contributed by atoms with Crippen LogP contribution >= 0.6 is 0 Å². The zero-order valence-electron chi connectivity index (χ0n) is 33.4. The molecule has 0 bridgehead atoms. The van der Waals surface area contributed by atoms with Crippen molar-refractivity contribution in [2.45, 2.75) is 47.0 Å². The van der Waals surface area contributed by atoms with Crippen LogP contribution in [0.15, 0.2) is 158 Å². The number of rotatable bonds is 4. The second-order valence-corrected chi connectivity index (χ2v) is 16.8. The molecule has 2 heterocycles. The molecule has 1 aliphatic rings. The lowest BCUT2D eigenvalue weighted by Crippen LogP contribution is -2.15. The molecule has 2 nitrogen and oxygen atoms in total. The summed E-state index contributed by atoms with van der Waals surface area (Å²) in [6.07, 6.45) is 0. The fourth-order valence-corrected chi connectivity index (χ4v) is 9.92. The summed E-state index contributed by atoms with van der Waals surface area (Å²) in [5.41, 5.74) is 20.6. The first kappa shape index (κ1) is 33.7. The van der Waals surface area contributed by atoms with Gasteiger partial charge >= 0.3 is 0 Å². The van der Waals surface area contributed by atoms with E-state index in [4.69, 9.17) is 0 Å². The predicted octanol–water partition coefficient (Wildman–Crippen LogP) is 14.8. The largest absolute Gasteiger partial charge is 0.314 e. The molecule has 11 rings (SSSR count). The third-order valence-corrected chi connectivity index (χ3v) is 13.4. The maximum Gasteiger partial charge on any atom is 0.0534 e. The minimum absolute atomic E-state index is 0.126. The Bertz CT molecular complexity index is 3090. The van der Waals surface area contributed by atoms with E-state index in [1.807, 2.05) is 0 Å². The summed E-state index contributed by atoms with van der Waals surface area (Å²) in [5, 5.41) is 7.65. The lowest BCUT2D eigenvalue weighted by Gasteiger charge is -2.23. The van der Waals surface area contributed by atoms with E-state index >= 15 is 0 Å². The zero-order valence-corrected chi connectivity index (χ0v) is 33.4. The Hall–Kier alpha value is -6.64. The number of nitrogens with zero attached hydrogens (tertiary/aromatic N) is 2. The van der Waals surface area contributed by atoms with Crippen LogP contribution in [0, 0.1) is 27.7 Å². The third kappa shape index (κ3) is 4.96. The van der Waals surface area contributed by atoms with E-state index in [9.17, 15) is 0 Å². The highest BCUT2D eigenvalue weighted by Gasteiger charge is 2.36. The minimum Gasteiger partial charge on any atom is -0.314 e. The number of hydrogen-bond donors (Lipinski definition) is 0. The fourth-order valence-electron chi connectivity index (χ4n) is 9.92. The average molecular weight is 733 g/mol. The molecule has 0 atom stereocenters. The van der Waals surface area contributed by atoms with E-state index in [1.54, 1.807) is 0 Å². The Morgan fingerprint density at radius 2 is 0.737 bits per heavy atom. The molecule has 10 aromatic rings. The van der Waals surface area contributed by atoms with Crippen LogP contribution in [0.25, 0.3) is 88.1 Å². The molecular weight excluding hydrogens is 689 g/mol. The molecule has 274 valence electrons. The van der Waals surface area contributed by atoms with Gasteiger partial charge in [-0.3, -0.25) is 0 Å². The number of fused-ring (bicyclic) bond motifs is 7. The van der Waals surface area contributed by atoms with Gasteiger partial charge in [-0.2, -0.15) is 0 Å². The van der Waals surface area contributed by atoms with E-state index in [0.29, 0.717) is 0 Å². The van der Waals surface area contributed by atoms with Crippen LogP contribution in [-0.2, 0) is 5.41 Å². The molecule has 0 saturated heterocycles. The van der Waals surface area contributed by atoms with Crippen molar-refractivity contribution in [1.29, 1.82) is 0 Å². The summed E-state index contributed by atoms with van der Waals surface area (Å²) < 4.78 is 4.79. The standard InChI is InChI=1S/C55H44N2/c1-33-35(3)56(53-13-9-7-11-47(33)53)45-23-19-39-27-37(15-17-41(39)29-45)43-21-25-49-50-26-22-44(32-52(50)55(5,6)51(49)31-43)38-16-18-42-30-46(24-20-40(42)28-38)57-36(4)34(2)48-12-8-10-14-54(48)57/h7-32H,1-6H3. The first-order valence-corrected chi connectivity index (χ1v) is 20.2. The molecule has 0 unspecified atom stereocenters. The van der Waals surface area contributed by atoms with E-state index in [0.717, 1.165) is 0 Å². The second kappa shape index (κ2) is 12.2. The van der Waals surface area contributed by atoms with Crippen molar-refractivity contribution in [3.8, 4) is 44.8 Å². The van der Waals surface area contributed by atoms with Gasteiger partial charge in [0.1, 0.15) is 0 Å². The molecule has 0 N–H and O–H groups in total. The molecule has 0 spiro atoms. The number of hydrogen-bond acceptors (Lipinski definition) is 0. The molecule has 0 fully saturated rings. The summed E-state index contributed by atoms with van der Waals surface area (Å²) in [5.74, 6) is 0. The zero-order chi connectivity index (χ0) is 38.7. The fraction of sp³-hybridized carbons (Fsp3) is 0.127. The van der Waals surface area contributed by atoms with Gasteiger partial charge in [0.25, 0.3) is 0 Å². The summed E-state index contributed by atoms with van der Waals surface area (Å²) in [4.78, 5) is 0. The van der Waals surface area contributed by atoms with Crippen LogP contribution in [0.4, 0.5) is 0 Å². The lowest BCUT2D eigenvalue weighted by atomic mass is 9.80. The first-order valence-electron chi connectivity index (χ1n) is 20.2. The van der Waals surface area contributed by atoms with Crippen molar-refractivity contribution in [2.24, 2.45) is 0 Å². The van der Waals surface area contributed by atoms with Crippen molar-refractivity contribution < 1.29 is 0 Å². The van der Waals surface area contributed by atoms with Crippen molar-refractivity contribution in [3.05, 3.63) is 191 Å². The molecular formula is C55H44N2. The van der Waals surface area contributed by atoms with Crippen molar-refractivity contribution in [1.82, 2.24) is 9.13 Å². The van der Waals surface area contributed by atoms with E-state index < -0.39 is 0 Å². The highest BCUT2D eigenvalue weighted by Crippen LogP contribution is 2.51. The number of aryl methyl sites for hydroxylation is 2. The van der Waals surface area contributed by atoms with E-state index in [-0.39, 0.29) is 5.41 Å². The van der Waals surface area contributed by atoms with Crippen LogP contribution in [0.1, 0.15) is 47.5 Å². The summed E-state index contributed by atoms with van der Waals surface area (Å²) in [6.45, 7) is 13.7. The molecule has 2 heteroatoms. The Balaban J connectivity index is 0.905. The number of benzene rings is 8. The maximum atomic E-state index is 2.44. The van der Waals surface area contributed by atoms with Gasteiger partial charge in [-0.15, -0.1) is 0 Å². The van der Waals surface area contributed by atoms with Gasteiger partial charge in [-0.25, -0.2) is 0 Å². The van der Waals surface area contributed by atoms with Gasteiger partial charge in [0, 0.05) is 39.0 Å². The first-order chi connectivity index (χ1) is 27.7. The molecule has 0 amide bonds. The van der Waals surface area contributed by atoms with Gasteiger partial charge in [0.05, 0.1) is 11.0 Å². The van der Waals surface area contributed by atoms with Crippen LogP contribution in [-0.4, -0.2) is 9.13 Å². The second-order valence-electron chi connectivity index (χ2n) is 16.8. The summed E-state index contributed by atoms with van der Waals surface area (Å²) in [7, 11) is 0. The van der Waals surface area contributed by atoms with Gasteiger partial charge < -0.3 is 9.13 Å². The van der Waals surface area contributed by atoms with Gasteiger partial charge in [-0.05, 0) is 166 Å². The van der Waals surface area contributed by atoms with Crippen LogP contribution < -0.4 is 0 Å². The molecule has 2 aromatic heterocycles. The van der Waals surface area contributed by atoms with Crippen molar-refractivity contribution >= 4 is 43.4 Å². The number of aromatic nitrogens is 2. The van der Waals surface area contributed by atoms with E-state index in [1.165, 1.54) is 122 Å². The third-order valence-electron chi connectivity index (χ3n) is 13.4. The average Bonchev–Trinajstić information content (AvgIpc) is 3.75. The SMILES string of the molecule is Cc1c(C)n(-c2ccc3cc(-c4ccc5c(c4)C(C)(C)c4cc(-c6ccc7cc(-n8c(C)c(C)c9ccccc98)ccc7c6)ccc4-5)ccc3c2)c2ccccc12. The topological polar surface area (TPSA) is 9.86 Å². The van der Waals surface area contributed by atoms with Crippen LogP contribution in [0.2, 0.25) is 0 Å². The Labute approximate surface area is 334 Å². The molecule has 0 saturated carbocycles. The molecule has 57 heavy (non-hydrogen) atoms. The molecule has 8 aromatic carbocycles. The van der Waals surface area contributed by atoms with Gasteiger partial charge in [-0.1, -0.05) is 111 Å². The van der Waals surface area contributed by atoms with Crippen molar-refractivity contribution in [2.75, 3.05) is 0 Å². The lowest BCUT2D eigenvalue weighted by molar-refractivity contribution is 0.661. The summed E-state index contributed by atoms with van der Waals surface area (Å²) >= 11 is 0. The van der Waals surface area contributed by atoms with Crippen molar-refractivity contribution in [3.63, 3.8) is 0 Å². The molecule has 0 radical (unpaired) electrons. The Kier molecular flexibility index (Phi) is 7.20. The molecule has 0 aliphatic heterocycles. The maximum absolute atomic E-state index is 2.44. The summed E-state index contributed by atoms with van der Waals surface area (Å²) in [6, 6.07) is 59.2. The molecule has 1 aliphatic carbocycles. The minimum atomic E-state index is -0.126. The van der Waals surface area contributed by atoms with Gasteiger partial charge in [0.15, 0.2) is 0 Å². The number of para-hydroxylation sites is 2. The Morgan fingerprint density at radius 1 is 0.368 bits per heavy atom. The van der Waals surface area contributed by atoms with Gasteiger partial charge in [0.2, 0.25) is 0 Å². The smallest absolute Gasteiger partial charge is 0.0534 e. The highest BCUT2D eigenvalue weighted by atomic mass is 15.0. The monoisotopic (exact) mass is 732 g/mol. The Morgan fingerprint density at radius 3 is 1.19 bits per heavy atom. The normalized spacial score (nSPS) is 13.2. The highest BCUT2D eigenvalue weighted by molar-refractivity contribution is 5.94. The van der Waals surface area contributed by atoms with E-state index in [2.05, 4.69) is 208 Å². The van der Waals surface area contributed by atoms with Crippen LogP contribution in [0.3, 0.4) is 0 Å². The predicted molar refractivity (Wildman–Crippen MR) is 243 cm³/mol. The quantitative estimate of drug-likeness (QED) is 0.170. The van der Waals surface area contributed by atoms with Crippen LogP contribution in [0.5, 0.6) is 0 Å².